The van der Waals surface area contributed by atoms with Crippen molar-refractivity contribution < 1.29 is 0 Å². The molecule has 29 heavy (non-hydrogen) atoms. The molecule has 6 rings (SSSR count). The fourth-order valence-corrected chi connectivity index (χ4v) is 4.18. The van der Waals surface area contributed by atoms with Crippen molar-refractivity contribution in [2.45, 2.75) is 0 Å². The molecule has 8 nitrogen and oxygen atoms in total. The Balaban J connectivity index is 1.53. The van der Waals surface area contributed by atoms with Crippen molar-refractivity contribution in [1.82, 2.24) is 39.9 Å². The van der Waals surface area contributed by atoms with Crippen LogP contribution in [0.2, 0.25) is 0 Å². The summed E-state index contributed by atoms with van der Waals surface area (Å²) in [4.78, 5) is 18.4. The Morgan fingerprint density at radius 2 is 2.03 bits per heavy atom. The zero-order chi connectivity index (χ0) is 19.4. The van der Waals surface area contributed by atoms with Crippen LogP contribution < -0.4 is 0 Å². The van der Waals surface area contributed by atoms with Crippen molar-refractivity contribution in [2.75, 3.05) is 0 Å². The molecule has 6 aromatic rings. The van der Waals surface area contributed by atoms with E-state index in [9.17, 15) is 0 Å². The molecule has 9 heteroatoms. The van der Waals surface area contributed by atoms with E-state index in [2.05, 4.69) is 42.4 Å². The summed E-state index contributed by atoms with van der Waals surface area (Å²) in [5, 5.41) is 14.7. The molecule has 0 saturated carbocycles. The molecule has 0 radical (unpaired) electrons. The number of nitrogens with one attached hydrogen (secondary N) is 2. The lowest BCUT2D eigenvalue weighted by atomic mass is 10.1. The fraction of sp³-hybridized carbons (Fsp3) is 0.0500. The number of rotatable bonds is 3. The minimum Gasteiger partial charge on any atom is -0.336 e. The van der Waals surface area contributed by atoms with Crippen LogP contribution in [0.15, 0.2) is 54.4 Å². The number of aromatic amines is 2. The van der Waals surface area contributed by atoms with E-state index < -0.39 is 0 Å². The van der Waals surface area contributed by atoms with Gasteiger partial charge >= 0.3 is 0 Å². The van der Waals surface area contributed by atoms with Crippen LogP contribution in [0, 0.1) is 0 Å². The van der Waals surface area contributed by atoms with Gasteiger partial charge in [0.1, 0.15) is 16.9 Å². The number of hydrogen-bond donors (Lipinski definition) is 2. The first kappa shape index (κ1) is 16.1. The van der Waals surface area contributed by atoms with Crippen LogP contribution in [0.25, 0.3) is 55.3 Å². The number of pyridine rings is 2. The first-order chi connectivity index (χ1) is 14.3. The van der Waals surface area contributed by atoms with Crippen LogP contribution in [0.5, 0.6) is 0 Å². The average molecular weight is 398 g/mol. The van der Waals surface area contributed by atoms with Crippen LogP contribution in [-0.4, -0.2) is 39.9 Å². The first-order valence-corrected chi connectivity index (χ1v) is 9.86. The Hall–Kier alpha value is -3.85. The summed E-state index contributed by atoms with van der Waals surface area (Å²) in [6.07, 6.45) is 7.40. The molecule has 0 aliphatic rings. The van der Waals surface area contributed by atoms with E-state index in [4.69, 9.17) is 4.98 Å². The zero-order valence-corrected chi connectivity index (χ0v) is 16.1. The van der Waals surface area contributed by atoms with Crippen molar-refractivity contribution in [1.29, 1.82) is 0 Å². The van der Waals surface area contributed by atoms with Gasteiger partial charge in [-0.05, 0) is 23.6 Å². The van der Waals surface area contributed by atoms with E-state index in [-0.39, 0.29) is 0 Å². The van der Waals surface area contributed by atoms with Gasteiger partial charge in [0.2, 0.25) is 0 Å². The smallest absolute Gasteiger partial charge is 0.159 e. The highest BCUT2D eigenvalue weighted by Crippen LogP contribution is 2.32. The monoisotopic (exact) mass is 398 g/mol. The Morgan fingerprint density at radius 1 is 1.07 bits per heavy atom. The van der Waals surface area contributed by atoms with Gasteiger partial charge in [-0.3, -0.25) is 14.8 Å². The molecule has 0 atom stereocenters. The third-order valence-electron chi connectivity index (χ3n) is 4.83. The molecule has 0 aromatic carbocycles. The minimum atomic E-state index is 0.683. The van der Waals surface area contributed by atoms with Crippen LogP contribution >= 0.6 is 11.3 Å². The Bertz CT molecular complexity index is 1470. The lowest BCUT2D eigenvalue weighted by Crippen LogP contribution is -1.85. The molecule has 0 bridgehead atoms. The summed E-state index contributed by atoms with van der Waals surface area (Å²) in [5.41, 5.74) is 6.04. The summed E-state index contributed by atoms with van der Waals surface area (Å²) in [6, 6.07) is 8.05. The SMILES string of the molecule is Cn1cc(-c2cnc3[nH]nc(-c4nc5c(-c6cccs6)nccc5[nH]4)c3c2)cn1. The summed E-state index contributed by atoms with van der Waals surface area (Å²) in [6.45, 7) is 0. The van der Waals surface area contributed by atoms with Crippen LogP contribution in [0.3, 0.4) is 0 Å². The second-order valence-electron chi connectivity index (χ2n) is 6.71. The van der Waals surface area contributed by atoms with Crippen molar-refractivity contribution in [3.05, 3.63) is 54.4 Å². The molecule has 6 heterocycles. The van der Waals surface area contributed by atoms with E-state index in [0.717, 1.165) is 43.8 Å². The standard InChI is InChI=1S/C20H14N8S/c1-28-10-12(9-23-28)11-7-13-16(26-27-19(13)22-8-11)20-24-14-4-5-21-18(17(14)25-20)15-3-2-6-29-15/h2-10H,1H3,(H,24,25)(H,22,26,27). The quantitative estimate of drug-likeness (QED) is 0.469. The third kappa shape index (κ3) is 2.55. The highest BCUT2D eigenvalue weighted by Gasteiger charge is 2.17. The maximum atomic E-state index is 4.83. The van der Waals surface area contributed by atoms with E-state index in [0.29, 0.717) is 11.5 Å². The molecule has 140 valence electrons. The highest BCUT2D eigenvalue weighted by atomic mass is 32.1. The van der Waals surface area contributed by atoms with Gasteiger partial charge in [0.25, 0.3) is 0 Å². The van der Waals surface area contributed by atoms with Crippen molar-refractivity contribution in [3.8, 4) is 33.2 Å². The largest absolute Gasteiger partial charge is 0.336 e. The number of nitrogens with zero attached hydrogens (tertiary/aromatic N) is 6. The first-order valence-electron chi connectivity index (χ1n) is 8.98. The zero-order valence-electron chi connectivity index (χ0n) is 15.3. The van der Waals surface area contributed by atoms with Gasteiger partial charge in [-0.25, -0.2) is 9.97 Å². The summed E-state index contributed by atoms with van der Waals surface area (Å²) in [7, 11) is 1.90. The topological polar surface area (TPSA) is 101 Å². The molecule has 0 saturated heterocycles. The molecule has 0 aliphatic carbocycles. The van der Waals surface area contributed by atoms with Gasteiger partial charge in [0.15, 0.2) is 11.5 Å². The number of thiophene rings is 1. The summed E-state index contributed by atoms with van der Waals surface area (Å²) < 4.78 is 1.77. The van der Waals surface area contributed by atoms with Gasteiger partial charge < -0.3 is 4.98 Å². The molecule has 0 aliphatic heterocycles. The molecule has 0 amide bonds. The average Bonchev–Trinajstić information content (AvgIpc) is 3.51. The third-order valence-corrected chi connectivity index (χ3v) is 5.71. The molecule has 0 unspecified atom stereocenters. The van der Waals surface area contributed by atoms with E-state index >= 15 is 0 Å². The Morgan fingerprint density at radius 3 is 2.86 bits per heavy atom. The van der Waals surface area contributed by atoms with Crippen molar-refractivity contribution >= 4 is 33.4 Å². The highest BCUT2D eigenvalue weighted by molar-refractivity contribution is 7.13. The second-order valence-corrected chi connectivity index (χ2v) is 7.66. The minimum absolute atomic E-state index is 0.683. The lowest BCUT2D eigenvalue weighted by molar-refractivity contribution is 0.768. The van der Waals surface area contributed by atoms with E-state index in [1.165, 1.54) is 0 Å². The van der Waals surface area contributed by atoms with Gasteiger partial charge in [-0.15, -0.1) is 11.3 Å². The van der Waals surface area contributed by atoms with Gasteiger partial charge in [0, 0.05) is 36.8 Å². The van der Waals surface area contributed by atoms with Gasteiger partial charge in [-0.1, -0.05) is 6.07 Å². The van der Waals surface area contributed by atoms with Crippen LogP contribution in [-0.2, 0) is 7.05 Å². The lowest BCUT2D eigenvalue weighted by Gasteiger charge is -1.98. The number of imidazole rings is 1. The normalized spacial score (nSPS) is 11.6. The van der Waals surface area contributed by atoms with Crippen LogP contribution in [0.1, 0.15) is 0 Å². The van der Waals surface area contributed by atoms with Crippen molar-refractivity contribution in [2.24, 2.45) is 7.05 Å². The molecular formula is C20H14N8S. The van der Waals surface area contributed by atoms with E-state index in [1.54, 1.807) is 22.2 Å². The maximum absolute atomic E-state index is 4.83. The predicted octanol–water partition coefficient (Wildman–Crippen LogP) is 4.03. The number of fused-ring (bicyclic) bond motifs is 2. The fourth-order valence-electron chi connectivity index (χ4n) is 3.45. The molecule has 6 aromatic heterocycles. The van der Waals surface area contributed by atoms with Crippen LogP contribution in [0.4, 0.5) is 0 Å². The van der Waals surface area contributed by atoms with E-state index in [1.807, 2.05) is 43.2 Å². The molecule has 0 fully saturated rings. The second kappa shape index (κ2) is 6.08. The summed E-state index contributed by atoms with van der Waals surface area (Å²) >= 11 is 1.65. The number of H-pyrrole nitrogens is 2. The van der Waals surface area contributed by atoms with Gasteiger partial charge in [-0.2, -0.15) is 10.2 Å². The van der Waals surface area contributed by atoms with Gasteiger partial charge in [0.05, 0.1) is 22.0 Å². The molecule has 0 spiro atoms. The summed E-state index contributed by atoms with van der Waals surface area (Å²) in [5.74, 6) is 0.683. The maximum Gasteiger partial charge on any atom is 0.159 e. The number of aromatic nitrogens is 8. The Labute approximate surface area is 168 Å². The molecular weight excluding hydrogens is 384 g/mol. The predicted molar refractivity (Wildman–Crippen MR) is 112 cm³/mol. The number of aryl methyl sites for hydroxylation is 1. The number of hydrogen-bond acceptors (Lipinski definition) is 6. The molecule has 2 N–H and O–H groups in total. The van der Waals surface area contributed by atoms with Crippen molar-refractivity contribution in [3.63, 3.8) is 0 Å². The Kier molecular flexibility index (Phi) is 3.38.